The van der Waals surface area contributed by atoms with Gasteiger partial charge in [0.15, 0.2) is 5.78 Å². The van der Waals surface area contributed by atoms with Crippen molar-refractivity contribution in [3.8, 4) is 0 Å². The smallest absolute Gasteiger partial charge is 0.348 e. The first-order valence-corrected chi connectivity index (χ1v) is 13.4. The van der Waals surface area contributed by atoms with Crippen LogP contribution in [0.15, 0.2) is 29.2 Å². The average Bonchev–Trinajstić information content (AvgIpc) is 3.19. The minimum Gasteiger partial charge on any atom is -0.462 e. The first-order valence-electron chi connectivity index (χ1n) is 11.1. The molecule has 0 spiro atoms. The summed E-state index contributed by atoms with van der Waals surface area (Å²) in [7, 11) is -3.76. The Morgan fingerprint density at radius 1 is 1.09 bits per heavy atom. The van der Waals surface area contributed by atoms with Gasteiger partial charge in [0.1, 0.15) is 9.88 Å². The molecule has 3 rings (SSSR count). The zero-order valence-electron chi connectivity index (χ0n) is 19.8. The number of carbonyl (C=O) groups is 3. The number of sulfonamides is 1. The van der Waals surface area contributed by atoms with E-state index < -0.39 is 22.0 Å². The summed E-state index contributed by atoms with van der Waals surface area (Å²) >= 11 is 0.999. The second-order valence-corrected chi connectivity index (χ2v) is 10.5. The Kier molecular flexibility index (Phi) is 9.00. The second-order valence-electron chi connectivity index (χ2n) is 7.52. The number of nitrogens with one attached hydrogen (secondary N) is 1. The highest BCUT2D eigenvalue weighted by atomic mass is 32.2. The Labute approximate surface area is 208 Å². The minimum absolute atomic E-state index is 0.0222. The highest BCUT2D eigenvalue weighted by Gasteiger charge is 2.28. The molecule has 35 heavy (non-hydrogen) atoms. The number of benzene rings is 1. The number of esters is 2. The van der Waals surface area contributed by atoms with Gasteiger partial charge in [-0.25, -0.2) is 18.0 Å². The topological polar surface area (TPSA) is 128 Å². The molecule has 0 amide bonds. The van der Waals surface area contributed by atoms with Gasteiger partial charge in [0, 0.05) is 18.7 Å². The van der Waals surface area contributed by atoms with E-state index in [2.05, 4.69) is 5.32 Å². The molecule has 1 aromatic carbocycles. The van der Waals surface area contributed by atoms with Crippen molar-refractivity contribution in [3.05, 3.63) is 45.8 Å². The van der Waals surface area contributed by atoms with E-state index in [1.54, 1.807) is 20.8 Å². The van der Waals surface area contributed by atoms with E-state index in [4.69, 9.17) is 14.2 Å². The van der Waals surface area contributed by atoms with E-state index in [0.29, 0.717) is 23.8 Å². The number of ketones is 1. The van der Waals surface area contributed by atoms with Gasteiger partial charge in [-0.2, -0.15) is 4.31 Å². The van der Waals surface area contributed by atoms with E-state index in [0.717, 1.165) is 11.3 Å². The van der Waals surface area contributed by atoms with Gasteiger partial charge in [0.2, 0.25) is 10.0 Å². The molecule has 0 atom stereocenters. The quantitative estimate of drug-likeness (QED) is 0.368. The van der Waals surface area contributed by atoms with Crippen LogP contribution in [0, 0.1) is 6.92 Å². The van der Waals surface area contributed by atoms with Crippen molar-refractivity contribution >= 4 is 44.1 Å². The van der Waals surface area contributed by atoms with Crippen LogP contribution in [0.2, 0.25) is 0 Å². The molecule has 1 N–H and O–H groups in total. The van der Waals surface area contributed by atoms with E-state index in [1.807, 2.05) is 0 Å². The molecule has 1 aromatic heterocycles. The summed E-state index contributed by atoms with van der Waals surface area (Å²) < 4.78 is 42.6. The molecule has 0 saturated carbocycles. The molecular formula is C23H28N2O8S2. The number of hydrogen-bond acceptors (Lipinski definition) is 10. The first-order chi connectivity index (χ1) is 16.7. The molecule has 10 nitrogen and oxygen atoms in total. The number of anilines is 1. The molecule has 12 heteroatoms. The van der Waals surface area contributed by atoms with Crippen LogP contribution >= 0.6 is 11.3 Å². The van der Waals surface area contributed by atoms with Crippen LogP contribution < -0.4 is 5.32 Å². The van der Waals surface area contributed by atoms with Crippen LogP contribution in [0.5, 0.6) is 0 Å². The van der Waals surface area contributed by atoms with Crippen LogP contribution in [-0.2, 0) is 24.2 Å². The van der Waals surface area contributed by atoms with E-state index in [-0.39, 0.29) is 59.5 Å². The van der Waals surface area contributed by atoms with Gasteiger partial charge in [-0.15, -0.1) is 11.3 Å². The highest BCUT2D eigenvalue weighted by Crippen LogP contribution is 2.34. The summed E-state index contributed by atoms with van der Waals surface area (Å²) in [5, 5.41) is 3.22. The summed E-state index contributed by atoms with van der Waals surface area (Å²) in [5.74, 6) is -1.58. The van der Waals surface area contributed by atoms with Crippen LogP contribution in [0.3, 0.4) is 0 Å². The number of hydrogen-bond donors (Lipinski definition) is 1. The van der Waals surface area contributed by atoms with Crippen molar-refractivity contribution < 1.29 is 37.0 Å². The lowest BCUT2D eigenvalue weighted by atomic mass is 10.1. The number of thiophene rings is 1. The third-order valence-electron chi connectivity index (χ3n) is 5.26. The largest absolute Gasteiger partial charge is 0.462 e. The normalized spacial score (nSPS) is 14.4. The Balaban J connectivity index is 1.81. The van der Waals surface area contributed by atoms with Crippen molar-refractivity contribution in [2.45, 2.75) is 25.7 Å². The molecule has 2 aromatic rings. The maximum Gasteiger partial charge on any atom is 0.348 e. The molecule has 1 saturated heterocycles. The Hall–Kier alpha value is -2.80. The molecular weight excluding hydrogens is 496 g/mol. The van der Waals surface area contributed by atoms with Crippen molar-refractivity contribution in [2.24, 2.45) is 0 Å². The van der Waals surface area contributed by atoms with Gasteiger partial charge in [0.25, 0.3) is 0 Å². The summed E-state index contributed by atoms with van der Waals surface area (Å²) in [4.78, 5) is 38.0. The monoisotopic (exact) mass is 524 g/mol. The number of Topliss-reactive ketones (excluding diaryl/α,β-unsaturated/α-hetero) is 1. The number of morpholine rings is 1. The highest BCUT2D eigenvalue weighted by molar-refractivity contribution is 7.89. The summed E-state index contributed by atoms with van der Waals surface area (Å²) in [6.45, 7) is 6.19. The minimum atomic E-state index is -3.76. The summed E-state index contributed by atoms with van der Waals surface area (Å²) in [5.41, 5.74) is 0.764. The maximum atomic E-state index is 12.9. The lowest BCUT2D eigenvalue weighted by molar-refractivity contribution is 0.0527. The Morgan fingerprint density at radius 2 is 1.74 bits per heavy atom. The van der Waals surface area contributed by atoms with E-state index in [1.165, 1.54) is 28.6 Å². The predicted molar refractivity (Wildman–Crippen MR) is 130 cm³/mol. The van der Waals surface area contributed by atoms with Crippen LogP contribution in [0.4, 0.5) is 5.00 Å². The standard InChI is InChI=1S/C23H28N2O8S2/c1-4-32-22(27)19-15(3)20(23(28)33-5-2)34-21(19)24-14-18(26)16-7-6-8-17(13-16)35(29,30)25-9-11-31-12-10-25/h6-8,13,24H,4-5,9-12,14H2,1-3H3. The third-order valence-corrected chi connectivity index (χ3v) is 8.38. The maximum absolute atomic E-state index is 12.9. The predicted octanol–water partition coefficient (Wildman–Crippen LogP) is 2.73. The molecule has 1 aliphatic rings. The lowest BCUT2D eigenvalue weighted by Crippen LogP contribution is -2.40. The number of nitrogens with zero attached hydrogens (tertiary/aromatic N) is 1. The van der Waals surface area contributed by atoms with Crippen molar-refractivity contribution in [1.82, 2.24) is 4.31 Å². The van der Waals surface area contributed by atoms with Crippen molar-refractivity contribution in [1.29, 1.82) is 0 Å². The molecule has 190 valence electrons. The summed E-state index contributed by atoms with van der Waals surface area (Å²) in [6.07, 6.45) is 0. The van der Waals surface area contributed by atoms with Gasteiger partial charge in [-0.05, 0) is 38.5 Å². The fourth-order valence-corrected chi connectivity index (χ4v) is 6.05. The molecule has 2 heterocycles. The van der Waals surface area contributed by atoms with Gasteiger partial charge in [-0.1, -0.05) is 12.1 Å². The molecule has 1 fully saturated rings. The zero-order valence-corrected chi connectivity index (χ0v) is 21.4. The van der Waals surface area contributed by atoms with Gasteiger partial charge < -0.3 is 19.5 Å². The average molecular weight is 525 g/mol. The van der Waals surface area contributed by atoms with Crippen LogP contribution in [0.1, 0.15) is 49.8 Å². The fraction of sp³-hybridized carbons (Fsp3) is 0.435. The second kappa shape index (κ2) is 11.8. The van der Waals surface area contributed by atoms with Crippen molar-refractivity contribution in [2.75, 3.05) is 51.4 Å². The van der Waals surface area contributed by atoms with Crippen LogP contribution in [0.25, 0.3) is 0 Å². The number of rotatable bonds is 10. The lowest BCUT2D eigenvalue weighted by Gasteiger charge is -2.26. The third kappa shape index (κ3) is 6.07. The van der Waals surface area contributed by atoms with E-state index in [9.17, 15) is 22.8 Å². The van der Waals surface area contributed by atoms with E-state index >= 15 is 0 Å². The van der Waals surface area contributed by atoms with Crippen LogP contribution in [-0.4, -0.2) is 76.5 Å². The van der Waals surface area contributed by atoms with Crippen molar-refractivity contribution in [3.63, 3.8) is 0 Å². The molecule has 0 bridgehead atoms. The molecule has 0 aliphatic carbocycles. The Morgan fingerprint density at radius 3 is 2.40 bits per heavy atom. The molecule has 1 aliphatic heterocycles. The molecule has 0 unspecified atom stereocenters. The zero-order chi connectivity index (χ0) is 25.6. The first kappa shape index (κ1) is 26.8. The number of ether oxygens (including phenoxy) is 3. The summed E-state index contributed by atoms with van der Waals surface area (Å²) in [6, 6.07) is 5.82. The van der Waals surface area contributed by atoms with Gasteiger partial charge in [0.05, 0.1) is 43.4 Å². The fourth-order valence-electron chi connectivity index (χ4n) is 3.51. The van der Waals surface area contributed by atoms with Gasteiger partial charge >= 0.3 is 11.9 Å². The SMILES string of the molecule is CCOC(=O)c1sc(NCC(=O)c2cccc(S(=O)(=O)N3CCOCC3)c2)c(C(=O)OCC)c1C. The molecule has 0 radical (unpaired) electrons. The van der Waals surface area contributed by atoms with Gasteiger partial charge in [-0.3, -0.25) is 4.79 Å². The number of carbonyl (C=O) groups excluding carboxylic acids is 3. The Bertz CT molecular complexity index is 1200.